The van der Waals surface area contributed by atoms with E-state index in [4.69, 9.17) is 4.74 Å². The van der Waals surface area contributed by atoms with Crippen LogP contribution in [0.15, 0.2) is 77.3 Å². The van der Waals surface area contributed by atoms with E-state index in [0.717, 1.165) is 27.3 Å². The fourth-order valence-corrected chi connectivity index (χ4v) is 2.77. The van der Waals surface area contributed by atoms with Gasteiger partial charge in [-0.05, 0) is 54.6 Å². The normalized spacial score (nSPS) is 10.2. The molecule has 126 valence electrons. The summed E-state index contributed by atoms with van der Waals surface area (Å²) < 4.78 is 6.20. The van der Waals surface area contributed by atoms with E-state index >= 15 is 0 Å². The predicted octanol–water partition coefficient (Wildman–Crippen LogP) is 5.45. The maximum absolute atomic E-state index is 12.3. The minimum absolute atomic E-state index is 0.147. The van der Waals surface area contributed by atoms with Crippen LogP contribution >= 0.6 is 15.9 Å². The quantitative estimate of drug-likeness (QED) is 0.602. The van der Waals surface area contributed by atoms with Crippen molar-refractivity contribution < 1.29 is 9.53 Å². The second-order valence-corrected chi connectivity index (χ2v) is 6.28. The number of halogens is 1. The van der Waals surface area contributed by atoms with Crippen LogP contribution in [0.25, 0.3) is 0 Å². The van der Waals surface area contributed by atoms with Crippen LogP contribution in [0, 0.1) is 0 Å². The number of amides is 1. The van der Waals surface area contributed by atoms with Gasteiger partial charge >= 0.3 is 0 Å². The molecule has 0 unspecified atom stereocenters. The van der Waals surface area contributed by atoms with Gasteiger partial charge < -0.3 is 15.4 Å². The molecule has 0 heterocycles. The summed E-state index contributed by atoms with van der Waals surface area (Å²) in [5.41, 5.74) is 3.13. The van der Waals surface area contributed by atoms with E-state index in [9.17, 15) is 4.79 Å². The number of carbonyl (C=O) groups is 1. The zero-order chi connectivity index (χ0) is 17.6. The first-order chi connectivity index (χ1) is 12.2. The third kappa shape index (κ3) is 4.39. The van der Waals surface area contributed by atoms with E-state index in [1.54, 1.807) is 19.2 Å². The van der Waals surface area contributed by atoms with Crippen LogP contribution < -0.4 is 15.4 Å². The van der Waals surface area contributed by atoms with Gasteiger partial charge in [-0.3, -0.25) is 4.79 Å². The number of hydrogen-bond acceptors (Lipinski definition) is 3. The summed E-state index contributed by atoms with van der Waals surface area (Å²) in [6.45, 7) is 0. The second-order valence-electron chi connectivity index (χ2n) is 5.37. The molecule has 0 spiro atoms. The van der Waals surface area contributed by atoms with Crippen molar-refractivity contribution in [3.8, 4) is 5.75 Å². The Morgan fingerprint density at radius 3 is 2.36 bits per heavy atom. The lowest BCUT2D eigenvalue weighted by Gasteiger charge is -2.11. The van der Waals surface area contributed by atoms with Crippen molar-refractivity contribution >= 4 is 38.9 Å². The summed E-state index contributed by atoms with van der Waals surface area (Å²) in [6.07, 6.45) is 0. The van der Waals surface area contributed by atoms with Crippen molar-refractivity contribution in [1.29, 1.82) is 0 Å². The molecular formula is C20H17BrN2O2. The van der Waals surface area contributed by atoms with Gasteiger partial charge in [-0.25, -0.2) is 0 Å². The molecule has 0 aliphatic rings. The lowest BCUT2D eigenvalue weighted by molar-refractivity contribution is 0.102. The molecule has 5 heteroatoms. The molecule has 3 rings (SSSR count). The molecule has 1 amide bonds. The first kappa shape index (κ1) is 17.0. The predicted molar refractivity (Wildman–Crippen MR) is 105 cm³/mol. The number of methoxy groups -OCH3 is 1. The third-order valence-corrected chi connectivity index (χ3v) is 4.11. The third-order valence-electron chi connectivity index (χ3n) is 3.62. The molecule has 3 aromatic rings. The zero-order valence-electron chi connectivity index (χ0n) is 13.6. The Bertz CT molecular complexity index is 879. The van der Waals surface area contributed by atoms with Crippen LogP contribution in [-0.4, -0.2) is 13.0 Å². The summed E-state index contributed by atoms with van der Waals surface area (Å²) in [6, 6.07) is 22.5. The number of anilines is 3. The van der Waals surface area contributed by atoms with Gasteiger partial charge in [-0.2, -0.15) is 0 Å². The highest BCUT2D eigenvalue weighted by Crippen LogP contribution is 2.27. The van der Waals surface area contributed by atoms with Gasteiger partial charge in [0.25, 0.3) is 5.91 Å². The average molecular weight is 397 g/mol. The van der Waals surface area contributed by atoms with Gasteiger partial charge in [0, 0.05) is 21.4 Å². The summed E-state index contributed by atoms with van der Waals surface area (Å²) in [7, 11) is 1.64. The Morgan fingerprint density at radius 1 is 0.920 bits per heavy atom. The van der Waals surface area contributed by atoms with Crippen LogP contribution in [0.1, 0.15) is 10.4 Å². The minimum Gasteiger partial charge on any atom is -0.495 e. The van der Waals surface area contributed by atoms with Crippen molar-refractivity contribution in [1.82, 2.24) is 0 Å². The molecule has 0 aliphatic heterocycles. The summed E-state index contributed by atoms with van der Waals surface area (Å²) >= 11 is 3.37. The Kier molecular flexibility index (Phi) is 5.36. The Hall–Kier alpha value is -2.79. The molecule has 0 fully saturated rings. The highest BCUT2D eigenvalue weighted by atomic mass is 79.9. The molecule has 0 aliphatic carbocycles. The van der Waals surface area contributed by atoms with E-state index in [0.29, 0.717) is 5.56 Å². The molecule has 3 aromatic carbocycles. The maximum Gasteiger partial charge on any atom is 0.255 e. The average Bonchev–Trinajstić information content (AvgIpc) is 2.64. The van der Waals surface area contributed by atoms with Crippen LogP contribution in [-0.2, 0) is 0 Å². The topological polar surface area (TPSA) is 50.4 Å². The maximum atomic E-state index is 12.3. The van der Waals surface area contributed by atoms with Crippen molar-refractivity contribution in [3.63, 3.8) is 0 Å². The summed E-state index contributed by atoms with van der Waals surface area (Å²) in [4.78, 5) is 12.3. The zero-order valence-corrected chi connectivity index (χ0v) is 15.2. The van der Waals surface area contributed by atoms with Crippen LogP contribution in [0.3, 0.4) is 0 Å². The van der Waals surface area contributed by atoms with Crippen molar-refractivity contribution in [2.24, 2.45) is 0 Å². The lowest BCUT2D eigenvalue weighted by Crippen LogP contribution is -2.11. The smallest absolute Gasteiger partial charge is 0.255 e. The van der Waals surface area contributed by atoms with Gasteiger partial charge in [0.05, 0.1) is 12.8 Å². The van der Waals surface area contributed by atoms with Crippen LogP contribution in [0.4, 0.5) is 17.1 Å². The first-order valence-corrected chi connectivity index (χ1v) is 8.52. The molecule has 0 aromatic heterocycles. The van der Waals surface area contributed by atoms with Crippen molar-refractivity contribution in [2.75, 3.05) is 17.7 Å². The van der Waals surface area contributed by atoms with Crippen molar-refractivity contribution in [3.05, 3.63) is 82.8 Å². The standard InChI is InChI=1S/C20H17BrN2O2/c1-25-19-8-3-2-7-18(19)22-16-9-11-17(12-10-16)23-20(24)14-5-4-6-15(21)13-14/h2-13,22H,1H3,(H,23,24). The molecule has 0 radical (unpaired) electrons. The highest BCUT2D eigenvalue weighted by molar-refractivity contribution is 9.10. The highest BCUT2D eigenvalue weighted by Gasteiger charge is 2.07. The number of carbonyl (C=O) groups excluding carboxylic acids is 1. The molecule has 0 bridgehead atoms. The van der Waals surface area contributed by atoms with Crippen LogP contribution in [0.2, 0.25) is 0 Å². The van der Waals surface area contributed by atoms with Gasteiger partial charge in [0.15, 0.2) is 0 Å². The van der Waals surface area contributed by atoms with Gasteiger partial charge in [0.2, 0.25) is 0 Å². The Morgan fingerprint density at radius 2 is 1.64 bits per heavy atom. The van der Waals surface area contributed by atoms with E-state index in [1.165, 1.54) is 0 Å². The largest absolute Gasteiger partial charge is 0.495 e. The van der Waals surface area contributed by atoms with Gasteiger partial charge in [-0.1, -0.05) is 34.1 Å². The number of para-hydroxylation sites is 2. The number of ether oxygens (including phenoxy) is 1. The Labute approximate surface area is 155 Å². The second kappa shape index (κ2) is 7.85. The Balaban J connectivity index is 1.69. The molecule has 25 heavy (non-hydrogen) atoms. The summed E-state index contributed by atoms with van der Waals surface area (Å²) in [5.74, 6) is 0.626. The summed E-state index contributed by atoms with van der Waals surface area (Å²) in [5, 5.41) is 6.19. The first-order valence-electron chi connectivity index (χ1n) is 7.73. The lowest BCUT2D eigenvalue weighted by atomic mass is 10.2. The molecule has 4 nitrogen and oxygen atoms in total. The minimum atomic E-state index is -0.147. The van der Waals surface area contributed by atoms with Crippen LogP contribution in [0.5, 0.6) is 5.75 Å². The molecule has 2 N–H and O–H groups in total. The van der Waals surface area contributed by atoms with E-state index in [1.807, 2.05) is 60.7 Å². The number of nitrogens with one attached hydrogen (secondary N) is 2. The van der Waals surface area contributed by atoms with E-state index in [2.05, 4.69) is 26.6 Å². The fourth-order valence-electron chi connectivity index (χ4n) is 2.37. The van der Waals surface area contributed by atoms with E-state index in [-0.39, 0.29) is 5.91 Å². The van der Waals surface area contributed by atoms with Gasteiger partial charge in [-0.15, -0.1) is 0 Å². The van der Waals surface area contributed by atoms with Gasteiger partial charge in [0.1, 0.15) is 5.75 Å². The van der Waals surface area contributed by atoms with Crippen molar-refractivity contribution in [2.45, 2.75) is 0 Å². The van der Waals surface area contributed by atoms with E-state index < -0.39 is 0 Å². The molecule has 0 saturated heterocycles. The SMILES string of the molecule is COc1ccccc1Nc1ccc(NC(=O)c2cccc(Br)c2)cc1. The fraction of sp³-hybridized carbons (Fsp3) is 0.0500. The molecule has 0 saturated carbocycles. The molecule has 0 atom stereocenters. The number of hydrogen-bond donors (Lipinski definition) is 2. The molecular weight excluding hydrogens is 380 g/mol. The number of benzene rings is 3. The monoisotopic (exact) mass is 396 g/mol. The number of rotatable bonds is 5.